The Morgan fingerprint density at radius 1 is 1.11 bits per heavy atom. The standard InChI is InChI=1S/C12H22N2O4/c1-8-7-14(11(17)18-12(3,4)5)9(2)6-13(8)10(15)16/h8-9H,6-7H2,1-5H3,(H,15,16)/t8-,9-/m0/s1. The van der Waals surface area contributed by atoms with Gasteiger partial charge in [-0.2, -0.15) is 0 Å². The molecule has 1 saturated heterocycles. The fraction of sp³-hybridized carbons (Fsp3) is 0.833. The minimum absolute atomic E-state index is 0.174. The van der Waals surface area contributed by atoms with E-state index in [-0.39, 0.29) is 18.2 Å². The van der Waals surface area contributed by atoms with Crippen molar-refractivity contribution >= 4 is 12.2 Å². The number of ether oxygens (including phenoxy) is 1. The molecule has 1 N–H and O–H groups in total. The van der Waals surface area contributed by atoms with E-state index < -0.39 is 11.7 Å². The van der Waals surface area contributed by atoms with Crippen LogP contribution < -0.4 is 0 Å². The Labute approximate surface area is 107 Å². The maximum Gasteiger partial charge on any atom is 0.410 e. The Kier molecular flexibility index (Phi) is 4.09. The molecule has 0 spiro atoms. The molecule has 6 nitrogen and oxygen atoms in total. The summed E-state index contributed by atoms with van der Waals surface area (Å²) in [4.78, 5) is 25.9. The van der Waals surface area contributed by atoms with Crippen molar-refractivity contribution in [3.63, 3.8) is 0 Å². The van der Waals surface area contributed by atoms with E-state index in [0.717, 1.165) is 0 Å². The van der Waals surface area contributed by atoms with Crippen molar-refractivity contribution in [2.75, 3.05) is 13.1 Å². The van der Waals surface area contributed by atoms with Gasteiger partial charge in [0, 0.05) is 13.1 Å². The number of piperazine rings is 1. The molecule has 2 atom stereocenters. The Hall–Kier alpha value is -1.46. The van der Waals surface area contributed by atoms with Crippen LogP contribution in [0.3, 0.4) is 0 Å². The highest BCUT2D eigenvalue weighted by Gasteiger charge is 2.36. The average molecular weight is 258 g/mol. The topological polar surface area (TPSA) is 70.1 Å². The molecule has 1 heterocycles. The molecule has 6 heteroatoms. The third-order valence-electron chi connectivity index (χ3n) is 2.86. The summed E-state index contributed by atoms with van der Waals surface area (Å²) in [5, 5.41) is 9.03. The summed E-state index contributed by atoms with van der Waals surface area (Å²) >= 11 is 0. The molecule has 0 aliphatic carbocycles. The van der Waals surface area contributed by atoms with Gasteiger partial charge in [0.2, 0.25) is 0 Å². The maximum absolute atomic E-state index is 12.0. The van der Waals surface area contributed by atoms with Crippen molar-refractivity contribution in [3.8, 4) is 0 Å². The summed E-state index contributed by atoms with van der Waals surface area (Å²) in [5.41, 5.74) is -0.538. The number of carboxylic acid groups (broad SMARTS) is 1. The van der Waals surface area contributed by atoms with Crippen LogP contribution in [0.5, 0.6) is 0 Å². The molecule has 104 valence electrons. The van der Waals surface area contributed by atoms with Gasteiger partial charge in [0.05, 0.1) is 12.1 Å². The van der Waals surface area contributed by atoms with Crippen molar-refractivity contribution < 1.29 is 19.4 Å². The minimum Gasteiger partial charge on any atom is -0.465 e. The number of carbonyl (C=O) groups excluding carboxylic acids is 1. The van der Waals surface area contributed by atoms with E-state index >= 15 is 0 Å². The largest absolute Gasteiger partial charge is 0.465 e. The van der Waals surface area contributed by atoms with Crippen LogP contribution in [-0.2, 0) is 4.74 Å². The molecule has 0 saturated carbocycles. The van der Waals surface area contributed by atoms with Crippen LogP contribution in [-0.4, -0.2) is 57.9 Å². The van der Waals surface area contributed by atoms with Gasteiger partial charge < -0.3 is 19.6 Å². The van der Waals surface area contributed by atoms with Crippen LogP contribution in [0, 0.1) is 0 Å². The predicted octanol–water partition coefficient (Wildman–Crippen LogP) is 1.99. The lowest BCUT2D eigenvalue weighted by molar-refractivity contribution is -0.00743. The van der Waals surface area contributed by atoms with Crippen molar-refractivity contribution in [2.45, 2.75) is 52.3 Å². The third-order valence-corrected chi connectivity index (χ3v) is 2.86. The quantitative estimate of drug-likeness (QED) is 0.721. The first-order chi connectivity index (χ1) is 8.11. The predicted molar refractivity (Wildman–Crippen MR) is 66.6 cm³/mol. The summed E-state index contributed by atoms with van der Waals surface area (Å²) in [6.07, 6.45) is -1.33. The number of hydrogen-bond donors (Lipinski definition) is 1. The van der Waals surface area contributed by atoms with Crippen molar-refractivity contribution in [3.05, 3.63) is 0 Å². The van der Waals surface area contributed by atoms with Gasteiger partial charge in [0.25, 0.3) is 0 Å². The second-order valence-corrected chi connectivity index (χ2v) is 5.77. The highest BCUT2D eigenvalue weighted by molar-refractivity contribution is 5.70. The molecule has 0 bridgehead atoms. The lowest BCUT2D eigenvalue weighted by Crippen LogP contribution is -2.59. The number of rotatable bonds is 0. The molecule has 0 aromatic carbocycles. The molecule has 0 aromatic rings. The lowest BCUT2D eigenvalue weighted by atomic mass is 10.1. The van der Waals surface area contributed by atoms with Crippen LogP contribution >= 0.6 is 0 Å². The zero-order chi connectivity index (χ0) is 14.1. The van der Waals surface area contributed by atoms with Gasteiger partial charge in [-0.25, -0.2) is 9.59 Å². The van der Waals surface area contributed by atoms with Gasteiger partial charge in [0.15, 0.2) is 0 Å². The summed E-state index contributed by atoms with van der Waals surface area (Å²) in [6.45, 7) is 9.73. The molecule has 1 aliphatic rings. The number of nitrogens with zero attached hydrogens (tertiary/aromatic N) is 2. The fourth-order valence-electron chi connectivity index (χ4n) is 1.97. The highest BCUT2D eigenvalue weighted by Crippen LogP contribution is 2.18. The molecular formula is C12H22N2O4. The Morgan fingerprint density at radius 2 is 1.56 bits per heavy atom. The summed E-state index contributed by atoms with van der Waals surface area (Å²) < 4.78 is 5.31. The van der Waals surface area contributed by atoms with Gasteiger partial charge in [-0.05, 0) is 34.6 Å². The summed E-state index contributed by atoms with van der Waals surface area (Å²) in [7, 11) is 0. The molecule has 0 radical (unpaired) electrons. The number of amides is 2. The molecular weight excluding hydrogens is 236 g/mol. The van der Waals surface area contributed by atoms with Crippen molar-refractivity contribution in [1.82, 2.24) is 9.80 Å². The van der Waals surface area contributed by atoms with E-state index in [1.54, 1.807) is 11.8 Å². The van der Waals surface area contributed by atoms with Crippen molar-refractivity contribution in [1.29, 1.82) is 0 Å². The first kappa shape index (κ1) is 14.6. The Balaban J connectivity index is 2.70. The first-order valence-electron chi connectivity index (χ1n) is 6.11. The Morgan fingerprint density at radius 3 is 2.00 bits per heavy atom. The lowest BCUT2D eigenvalue weighted by Gasteiger charge is -2.42. The van der Waals surface area contributed by atoms with Crippen molar-refractivity contribution in [2.24, 2.45) is 0 Å². The zero-order valence-corrected chi connectivity index (χ0v) is 11.6. The normalized spacial score (nSPS) is 24.9. The van der Waals surface area contributed by atoms with Gasteiger partial charge in [-0.15, -0.1) is 0 Å². The average Bonchev–Trinajstić information content (AvgIpc) is 2.17. The second kappa shape index (κ2) is 5.04. The van der Waals surface area contributed by atoms with E-state index in [4.69, 9.17) is 9.84 Å². The highest BCUT2D eigenvalue weighted by atomic mass is 16.6. The monoisotopic (exact) mass is 258 g/mol. The van der Waals surface area contributed by atoms with Crippen LogP contribution in [0.4, 0.5) is 9.59 Å². The summed E-state index contributed by atoms with van der Waals surface area (Å²) in [5.74, 6) is 0. The third kappa shape index (κ3) is 3.51. The zero-order valence-electron chi connectivity index (χ0n) is 11.6. The molecule has 0 aromatic heterocycles. The van der Waals surface area contributed by atoms with E-state index in [1.807, 2.05) is 27.7 Å². The molecule has 18 heavy (non-hydrogen) atoms. The fourth-order valence-corrected chi connectivity index (χ4v) is 1.97. The van der Waals surface area contributed by atoms with Gasteiger partial charge in [-0.3, -0.25) is 0 Å². The van der Waals surface area contributed by atoms with Gasteiger partial charge in [0.1, 0.15) is 5.60 Å². The molecule has 0 unspecified atom stereocenters. The maximum atomic E-state index is 12.0. The molecule has 1 fully saturated rings. The van der Waals surface area contributed by atoms with E-state index in [9.17, 15) is 9.59 Å². The molecule has 1 aliphatic heterocycles. The smallest absolute Gasteiger partial charge is 0.410 e. The van der Waals surface area contributed by atoms with Crippen LogP contribution in [0.25, 0.3) is 0 Å². The van der Waals surface area contributed by atoms with Gasteiger partial charge in [-0.1, -0.05) is 0 Å². The molecule has 1 rings (SSSR count). The first-order valence-corrected chi connectivity index (χ1v) is 6.11. The van der Waals surface area contributed by atoms with Crippen LogP contribution in [0.1, 0.15) is 34.6 Å². The van der Waals surface area contributed by atoms with E-state index in [1.165, 1.54) is 4.90 Å². The van der Waals surface area contributed by atoms with E-state index in [2.05, 4.69) is 0 Å². The van der Waals surface area contributed by atoms with Crippen LogP contribution in [0.2, 0.25) is 0 Å². The molecule has 2 amide bonds. The minimum atomic E-state index is -0.946. The number of carbonyl (C=O) groups is 2. The van der Waals surface area contributed by atoms with Crippen LogP contribution in [0.15, 0.2) is 0 Å². The summed E-state index contributed by atoms with van der Waals surface area (Å²) in [6, 6.07) is -0.390. The SMILES string of the molecule is C[C@H]1CN(C(=O)OC(C)(C)C)[C@@H](C)CN1C(=O)O. The second-order valence-electron chi connectivity index (χ2n) is 5.77. The Bertz CT molecular complexity index is 337. The number of hydrogen-bond acceptors (Lipinski definition) is 3. The van der Waals surface area contributed by atoms with E-state index in [0.29, 0.717) is 13.1 Å². The van der Waals surface area contributed by atoms with Gasteiger partial charge >= 0.3 is 12.2 Å².